The van der Waals surface area contributed by atoms with Gasteiger partial charge in [0.25, 0.3) is 0 Å². The molecule has 1 saturated heterocycles. The number of hydrogen-bond acceptors (Lipinski definition) is 2. The van der Waals surface area contributed by atoms with Crippen molar-refractivity contribution in [1.29, 1.82) is 0 Å². The molecule has 2 fully saturated rings. The van der Waals surface area contributed by atoms with Crippen LogP contribution in [-0.2, 0) is 9.59 Å². The lowest BCUT2D eigenvalue weighted by Crippen LogP contribution is -2.69. The summed E-state index contributed by atoms with van der Waals surface area (Å²) in [7, 11) is 0. The Morgan fingerprint density at radius 2 is 1.94 bits per heavy atom. The summed E-state index contributed by atoms with van der Waals surface area (Å²) in [6, 6.07) is -0.316. The lowest BCUT2D eigenvalue weighted by molar-refractivity contribution is -0.157. The van der Waals surface area contributed by atoms with Crippen LogP contribution in [0.1, 0.15) is 52.9 Å². The third-order valence-electron chi connectivity index (χ3n) is 4.26. The number of amides is 2. The molecular formula is C14H24N2O2. The molecule has 4 nitrogen and oxygen atoms in total. The van der Waals surface area contributed by atoms with Crippen molar-refractivity contribution in [2.75, 3.05) is 6.54 Å². The largest absolute Gasteiger partial charge is 0.342 e. The van der Waals surface area contributed by atoms with Crippen molar-refractivity contribution in [2.24, 2.45) is 5.92 Å². The molecule has 1 N–H and O–H groups in total. The van der Waals surface area contributed by atoms with E-state index in [4.69, 9.17) is 0 Å². The van der Waals surface area contributed by atoms with Crippen molar-refractivity contribution in [1.82, 2.24) is 10.2 Å². The second-order valence-electron chi connectivity index (χ2n) is 5.98. The van der Waals surface area contributed by atoms with E-state index < -0.39 is 5.54 Å². The Morgan fingerprint density at radius 1 is 1.33 bits per heavy atom. The van der Waals surface area contributed by atoms with E-state index in [2.05, 4.69) is 19.2 Å². The highest BCUT2D eigenvalue weighted by atomic mass is 16.2. The van der Waals surface area contributed by atoms with Crippen LogP contribution in [0.2, 0.25) is 0 Å². The van der Waals surface area contributed by atoms with Crippen molar-refractivity contribution in [3.05, 3.63) is 0 Å². The molecule has 2 amide bonds. The molecule has 1 aliphatic carbocycles. The molecule has 1 saturated carbocycles. The van der Waals surface area contributed by atoms with Crippen molar-refractivity contribution >= 4 is 11.8 Å². The molecule has 2 aliphatic rings. The average molecular weight is 252 g/mol. The maximum Gasteiger partial charge on any atom is 0.246 e. The van der Waals surface area contributed by atoms with E-state index in [0.29, 0.717) is 12.5 Å². The molecule has 0 aromatic carbocycles. The van der Waals surface area contributed by atoms with Gasteiger partial charge < -0.3 is 10.2 Å². The molecule has 0 radical (unpaired) electrons. The van der Waals surface area contributed by atoms with Crippen LogP contribution in [0.15, 0.2) is 0 Å². The molecular weight excluding hydrogens is 228 g/mol. The first-order valence-electron chi connectivity index (χ1n) is 7.13. The fraction of sp³-hybridized carbons (Fsp3) is 0.857. The van der Waals surface area contributed by atoms with E-state index in [1.165, 1.54) is 0 Å². The van der Waals surface area contributed by atoms with Crippen LogP contribution < -0.4 is 5.32 Å². The van der Waals surface area contributed by atoms with Crippen molar-refractivity contribution in [3.8, 4) is 0 Å². The summed E-state index contributed by atoms with van der Waals surface area (Å²) in [5.74, 6) is 0.607. The molecule has 1 aliphatic heterocycles. The molecule has 0 bridgehead atoms. The third-order valence-corrected chi connectivity index (χ3v) is 4.26. The number of piperazine rings is 1. The smallest absolute Gasteiger partial charge is 0.246 e. The third kappa shape index (κ3) is 2.02. The summed E-state index contributed by atoms with van der Waals surface area (Å²) in [4.78, 5) is 26.8. The Bertz CT molecular complexity index is 346. The first-order chi connectivity index (χ1) is 8.51. The number of nitrogens with one attached hydrogen (secondary N) is 1. The summed E-state index contributed by atoms with van der Waals surface area (Å²) in [5, 5.41) is 2.96. The SMILES string of the molecule is CCN1C(=O)C(CC(C)C)NC(=O)C12CCCC2. The Morgan fingerprint density at radius 3 is 2.44 bits per heavy atom. The van der Waals surface area contributed by atoms with Gasteiger partial charge in [-0.2, -0.15) is 0 Å². The number of carbonyl (C=O) groups is 2. The zero-order valence-corrected chi connectivity index (χ0v) is 11.7. The van der Waals surface area contributed by atoms with E-state index in [1.54, 1.807) is 0 Å². The van der Waals surface area contributed by atoms with Crippen LogP contribution in [0.5, 0.6) is 0 Å². The van der Waals surface area contributed by atoms with E-state index in [0.717, 1.165) is 32.1 Å². The van der Waals surface area contributed by atoms with Crippen molar-refractivity contribution in [3.63, 3.8) is 0 Å². The highest BCUT2D eigenvalue weighted by molar-refractivity contribution is 6.00. The Kier molecular flexibility index (Phi) is 3.64. The predicted octanol–water partition coefficient (Wildman–Crippen LogP) is 1.69. The summed E-state index contributed by atoms with van der Waals surface area (Å²) in [6.07, 6.45) is 4.48. The highest BCUT2D eigenvalue weighted by Gasteiger charge is 2.52. The Balaban J connectivity index is 2.23. The first kappa shape index (κ1) is 13.4. The lowest BCUT2D eigenvalue weighted by Gasteiger charge is -2.46. The predicted molar refractivity (Wildman–Crippen MR) is 70.0 cm³/mol. The molecule has 1 atom stereocenters. The van der Waals surface area contributed by atoms with Gasteiger partial charge >= 0.3 is 0 Å². The molecule has 0 aromatic rings. The summed E-state index contributed by atoms with van der Waals surface area (Å²) < 4.78 is 0. The Labute approximate surface area is 109 Å². The standard InChI is InChI=1S/C14H24N2O2/c1-4-16-12(17)11(9-10(2)3)15-13(18)14(16)7-5-6-8-14/h10-11H,4-9H2,1-3H3,(H,15,18). The zero-order valence-electron chi connectivity index (χ0n) is 11.7. The average Bonchev–Trinajstić information content (AvgIpc) is 2.77. The van der Waals surface area contributed by atoms with E-state index in [-0.39, 0.29) is 17.9 Å². The highest BCUT2D eigenvalue weighted by Crippen LogP contribution is 2.38. The number of rotatable bonds is 3. The van der Waals surface area contributed by atoms with Crippen LogP contribution in [0, 0.1) is 5.92 Å². The minimum atomic E-state index is -0.528. The molecule has 4 heteroatoms. The monoisotopic (exact) mass is 252 g/mol. The van der Waals surface area contributed by atoms with Crippen LogP contribution in [0.4, 0.5) is 0 Å². The maximum absolute atomic E-state index is 12.5. The van der Waals surface area contributed by atoms with Gasteiger partial charge in [-0.15, -0.1) is 0 Å². The first-order valence-corrected chi connectivity index (χ1v) is 7.13. The topological polar surface area (TPSA) is 49.4 Å². The number of likely N-dealkylation sites (N-methyl/N-ethyl adjacent to an activating group) is 1. The molecule has 1 heterocycles. The quantitative estimate of drug-likeness (QED) is 0.831. The molecule has 0 aromatic heterocycles. The number of hydrogen-bond donors (Lipinski definition) is 1. The van der Waals surface area contributed by atoms with Gasteiger partial charge in [0.1, 0.15) is 11.6 Å². The van der Waals surface area contributed by atoms with E-state index >= 15 is 0 Å². The molecule has 1 unspecified atom stereocenters. The normalized spacial score (nSPS) is 27.1. The van der Waals surface area contributed by atoms with Gasteiger partial charge in [0.15, 0.2) is 0 Å². The molecule has 18 heavy (non-hydrogen) atoms. The van der Waals surface area contributed by atoms with Gasteiger partial charge in [0.2, 0.25) is 11.8 Å². The lowest BCUT2D eigenvalue weighted by atomic mass is 9.87. The van der Waals surface area contributed by atoms with Crippen LogP contribution in [0.25, 0.3) is 0 Å². The molecule has 102 valence electrons. The summed E-state index contributed by atoms with van der Waals surface area (Å²) in [6.45, 7) is 6.77. The fourth-order valence-corrected chi connectivity index (χ4v) is 3.42. The molecule has 2 rings (SSSR count). The minimum Gasteiger partial charge on any atom is -0.342 e. The summed E-state index contributed by atoms with van der Waals surface area (Å²) in [5.41, 5.74) is -0.528. The summed E-state index contributed by atoms with van der Waals surface area (Å²) >= 11 is 0. The maximum atomic E-state index is 12.5. The van der Waals surface area contributed by atoms with Gasteiger partial charge in [0, 0.05) is 6.54 Å². The Hall–Kier alpha value is -1.06. The van der Waals surface area contributed by atoms with Gasteiger partial charge in [0.05, 0.1) is 0 Å². The van der Waals surface area contributed by atoms with E-state index in [1.807, 2.05) is 11.8 Å². The van der Waals surface area contributed by atoms with Gasteiger partial charge in [-0.25, -0.2) is 0 Å². The van der Waals surface area contributed by atoms with E-state index in [9.17, 15) is 9.59 Å². The van der Waals surface area contributed by atoms with Crippen molar-refractivity contribution < 1.29 is 9.59 Å². The fourth-order valence-electron chi connectivity index (χ4n) is 3.42. The van der Waals surface area contributed by atoms with Crippen LogP contribution in [-0.4, -0.2) is 34.8 Å². The minimum absolute atomic E-state index is 0.0760. The van der Waals surface area contributed by atoms with Crippen LogP contribution >= 0.6 is 0 Å². The second-order valence-corrected chi connectivity index (χ2v) is 5.98. The zero-order chi connectivity index (χ0) is 13.3. The van der Waals surface area contributed by atoms with Crippen LogP contribution in [0.3, 0.4) is 0 Å². The van der Waals surface area contributed by atoms with Gasteiger partial charge in [-0.05, 0) is 32.1 Å². The van der Waals surface area contributed by atoms with Crippen molar-refractivity contribution in [2.45, 2.75) is 64.5 Å². The molecule has 1 spiro atoms. The number of nitrogens with zero attached hydrogens (tertiary/aromatic N) is 1. The van der Waals surface area contributed by atoms with Gasteiger partial charge in [-0.1, -0.05) is 26.7 Å². The van der Waals surface area contributed by atoms with Gasteiger partial charge in [-0.3, -0.25) is 9.59 Å². The number of carbonyl (C=O) groups excluding carboxylic acids is 2. The second kappa shape index (κ2) is 4.90.